The number of para-hydroxylation sites is 1. The third-order valence-electron chi connectivity index (χ3n) is 2.50. The van der Waals surface area contributed by atoms with Gasteiger partial charge in [0.05, 0.1) is 17.6 Å². The normalized spacial score (nSPS) is 9.95. The van der Waals surface area contributed by atoms with Crippen LogP contribution in [0.2, 0.25) is 0 Å². The highest BCUT2D eigenvalue weighted by Crippen LogP contribution is 2.40. The molecule has 0 aliphatic heterocycles. The molecule has 1 heterocycles. The molecule has 0 aliphatic carbocycles. The lowest BCUT2D eigenvalue weighted by atomic mass is 10.2. The van der Waals surface area contributed by atoms with Gasteiger partial charge in [0.15, 0.2) is 6.29 Å². The van der Waals surface area contributed by atoms with Gasteiger partial charge in [0.1, 0.15) is 10.6 Å². The number of rotatable bonds is 5. The molecule has 0 atom stereocenters. The Kier molecular flexibility index (Phi) is 4.29. The number of thiophene rings is 1. The van der Waals surface area contributed by atoms with Crippen LogP contribution < -0.4 is 4.74 Å². The Balaban J connectivity index is 2.43. The minimum absolute atomic E-state index is 0.0442. The van der Waals surface area contributed by atoms with E-state index in [9.17, 15) is 19.7 Å². The van der Waals surface area contributed by atoms with E-state index in [4.69, 9.17) is 4.74 Å². The van der Waals surface area contributed by atoms with E-state index in [1.54, 1.807) is 12.1 Å². The lowest BCUT2D eigenvalue weighted by Gasteiger charge is -2.04. The minimum atomic E-state index is -0.693. The van der Waals surface area contributed by atoms with Gasteiger partial charge in [0.25, 0.3) is 0 Å². The first-order chi connectivity index (χ1) is 10.1. The Morgan fingerprint density at radius 2 is 2.05 bits per heavy atom. The van der Waals surface area contributed by atoms with Crippen molar-refractivity contribution in [3.05, 3.63) is 50.9 Å². The number of carbonyl (C=O) groups is 2. The number of carbonyl (C=O) groups excluding carboxylic acids is 2. The number of hydrogen-bond donors (Lipinski definition) is 0. The van der Waals surface area contributed by atoms with Gasteiger partial charge >= 0.3 is 11.0 Å². The van der Waals surface area contributed by atoms with E-state index in [1.165, 1.54) is 25.3 Å². The van der Waals surface area contributed by atoms with Gasteiger partial charge in [-0.2, -0.15) is 0 Å². The van der Waals surface area contributed by atoms with Crippen molar-refractivity contribution in [1.29, 1.82) is 0 Å². The maximum Gasteiger partial charge on any atom is 0.367 e. The SMILES string of the molecule is COC(=O)c1cc(Oc2ccccc2C=O)c([N+](=O)[O-])s1. The van der Waals surface area contributed by atoms with Crippen LogP contribution >= 0.6 is 11.3 Å². The van der Waals surface area contributed by atoms with Gasteiger partial charge < -0.3 is 9.47 Å². The molecule has 21 heavy (non-hydrogen) atoms. The summed E-state index contributed by atoms with van der Waals surface area (Å²) in [6, 6.07) is 7.50. The quantitative estimate of drug-likeness (QED) is 0.364. The molecule has 0 saturated carbocycles. The van der Waals surface area contributed by atoms with E-state index in [1.807, 2.05) is 0 Å². The fourth-order valence-corrected chi connectivity index (χ4v) is 2.37. The Morgan fingerprint density at radius 1 is 1.33 bits per heavy atom. The smallest absolute Gasteiger partial charge is 0.367 e. The zero-order valence-electron chi connectivity index (χ0n) is 10.8. The van der Waals surface area contributed by atoms with E-state index >= 15 is 0 Å². The van der Waals surface area contributed by atoms with Crippen molar-refractivity contribution in [2.24, 2.45) is 0 Å². The second-order valence-corrected chi connectivity index (χ2v) is 4.82. The van der Waals surface area contributed by atoms with Crippen molar-refractivity contribution in [2.45, 2.75) is 0 Å². The maximum atomic E-state index is 11.4. The Hall–Kier alpha value is -2.74. The van der Waals surface area contributed by atoms with Crippen LogP contribution in [0.3, 0.4) is 0 Å². The summed E-state index contributed by atoms with van der Waals surface area (Å²) in [4.78, 5) is 32.7. The Bertz CT molecular complexity index is 708. The van der Waals surface area contributed by atoms with Gasteiger partial charge in [-0.1, -0.05) is 23.5 Å². The van der Waals surface area contributed by atoms with Crippen LogP contribution in [-0.4, -0.2) is 24.3 Å². The standard InChI is InChI=1S/C13H9NO6S/c1-19-13(16)11-6-10(12(21-11)14(17)18)20-9-5-3-2-4-8(9)7-15/h2-7H,1H3. The molecule has 1 aromatic carbocycles. The highest BCUT2D eigenvalue weighted by molar-refractivity contribution is 7.17. The molecule has 0 N–H and O–H groups in total. The predicted octanol–water partition coefficient (Wildman–Crippen LogP) is 3.05. The first-order valence-corrected chi connectivity index (χ1v) is 6.47. The molecule has 0 aliphatic rings. The number of methoxy groups -OCH3 is 1. The van der Waals surface area contributed by atoms with Gasteiger partial charge in [-0.15, -0.1) is 0 Å². The first kappa shape index (κ1) is 14.7. The second kappa shape index (κ2) is 6.14. The molecule has 0 fully saturated rings. The van der Waals surface area contributed by atoms with Gasteiger partial charge in [0, 0.05) is 6.07 Å². The van der Waals surface area contributed by atoms with Crippen LogP contribution in [0.5, 0.6) is 11.5 Å². The lowest BCUT2D eigenvalue weighted by molar-refractivity contribution is -0.380. The summed E-state index contributed by atoms with van der Waals surface area (Å²) in [6.45, 7) is 0. The molecule has 7 nitrogen and oxygen atoms in total. The molecule has 1 aromatic heterocycles. The number of esters is 1. The van der Waals surface area contributed by atoms with Crippen molar-refractivity contribution in [2.75, 3.05) is 7.11 Å². The topological polar surface area (TPSA) is 95.7 Å². The monoisotopic (exact) mass is 307 g/mol. The Labute approximate surface area is 122 Å². The number of benzene rings is 1. The first-order valence-electron chi connectivity index (χ1n) is 5.65. The van der Waals surface area contributed by atoms with Crippen molar-refractivity contribution in [3.63, 3.8) is 0 Å². The van der Waals surface area contributed by atoms with Crippen LogP contribution in [0.25, 0.3) is 0 Å². The maximum absolute atomic E-state index is 11.4. The zero-order valence-corrected chi connectivity index (χ0v) is 11.6. The summed E-state index contributed by atoms with van der Waals surface area (Å²) < 4.78 is 9.91. The summed E-state index contributed by atoms with van der Waals surface area (Å²) in [5.41, 5.74) is 0.248. The summed E-state index contributed by atoms with van der Waals surface area (Å²) in [7, 11) is 1.18. The van der Waals surface area contributed by atoms with Crippen LogP contribution in [0, 0.1) is 10.1 Å². The molecule has 0 bridgehead atoms. The van der Waals surface area contributed by atoms with Crippen molar-refractivity contribution < 1.29 is 24.0 Å². The number of nitro groups is 1. The number of hydrogen-bond acceptors (Lipinski definition) is 7. The predicted molar refractivity (Wildman–Crippen MR) is 74.2 cm³/mol. The highest BCUT2D eigenvalue weighted by atomic mass is 32.1. The molecule has 2 aromatic rings. The average Bonchev–Trinajstić information content (AvgIpc) is 2.91. The zero-order chi connectivity index (χ0) is 15.4. The van der Waals surface area contributed by atoms with Crippen molar-refractivity contribution >= 4 is 28.6 Å². The molecule has 2 rings (SSSR count). The summed E-state index contributed by atoms with van der Waals surface area (Å²) in [5, 5.41) is 10.7. The number of nitrogens with zero attached hydrogens (tertiary/aromatic N) is 1. The fourth-order valence-electron chi connectivity index (χ4n) is 1.56. The van der Waals surface area contributed by atoms with Gasteiger partial charge in [-0.25, -0.2) is 4.79 Å². The summed E-state index contributed by atoms with van der Waals surface area (Å²) in [5.74, 6) is -0.633. The molecule has 108 valence electrons. The molecule has 0 amide bonds. The van der Waals surface area contributed by atoms with E-state index < -0.39 is 10.9 Å². The average molecular weight is 307 g/mol. The van der Waals surface area contributed by atoms with Crippen LogP contribution in [0.15, 0.2) is 30.3 Å². The van der Waals surface area contributed by atoms with Gasteiger partial charge in [-0.3, -0.25) is 14.9 Å². The molecule has 0 unspecified atom stereocenters. The molecular weight excluding hydrogens is 298 g/mol. The molecule has 8 heteroatoms. The van der Waals surface area contributed by atoms with Crippen LogP contribution in [-0.2, 0) is 4.74 Å². The van der Waals surface area contributed by atoms with Gasteiger partial charge in [0.2, 0.25) is 5.75 Å². The molecule has 0 spiro atoms. The molecule has 0 saturated heterocycles. The fraction of sp³-hybridized carbons (Fsp3) is 0.0769. The van der Waals surface area contributed by atoms with Crippen molar-refractivity contribution in [3.8, 4) is 11.5 Å². The number of aldehydes is 1. The highest BCUT2D eigenvalue weighted by Gasteiger charge is 2.25. The third kappa shape index (κ3) is 3.06. The van der Waals surface area contributed by atoms with E-state index in [2.05, 4.69) is 4.74 Å². The minimum Gasteiger partial charge on any atom is -0.465 e. The van der Waals surface area contributed by atoms with E-state index in [0.29, 0.717) is 17.6 Å². The number of ether oxygens (including phenoxy) is 2. The third-order valence-corrected chi connectivity index (χ3v) is 3.55. The molecule has 0 radical (unpaired) electrons. The van der Waals surface area contributed by atoms with Crippen LogP contribution in [0.4, 0.5) is 5.00 Å². The largest absolute Gasteiger partial charge is 0.465 e. The lowest BCUT2D eigenvalue weighted by Crippen LogP contribution is -1.97. The summed E-state index contributed by atoms with van der Waals surface area (Å²) in [6.07, 6.45) is 0.578. The van der Waals surface area contributed by atoms with Crippen LogP contribution in [0.1, 0.15) is 20.0 Å². The van der Waals surface area contributed by atoms with E-state index in [0.717, 1.165) is 0 Å². The van der Waals surface area contributed by atoms with E-state index in [-0.39, 0.29) is 26.9 Å². The van der Waals surface area contributed by atoms with Gasteiger partial charge in [-0.05, 0) is 12.1 Å². The second-order valence-electron chi connectivity index (χ2n) is 3.79. The van der Waals surface area contributed by atoms with Crippen molar-refractivity contribution in [1.82, 2.24) is 0 Å². The summed E-state index contributed by atoms with van der Waals surface area (Å²) >= 11 is 0.646. The Morgan fingerprint density at radius 3 is 2.67 bits per heavy atom. The molecular formula is C13H9NO6S.